The first-order valence-electron chi connectivity index (χ1n) is 6.26. The van der Waals surface area contributed by atoms with Crippen molar-refractivity contribution in [1.29, 1.82) is 0 Å². The Labute approximate surface area is 116 Å². The number of benzene rings is 1. The molecule has 1 aromatic rings. The van der Waals surface area contributed by atoms with Gasteiger partial charge in [-0.25, -0.2) is 0 Å². The summed E-state index contributed by atoms with van der Waals surface area (Å²) >= 11 is 3.41. The van der Waals surface area contributed by atoms with Crippen LogP contribution in [-0.2, 0) is 14.3 Å². The zero-order chi connectivity index (χ0) is 13.0. The molecule has 0 radical (unpaired) electrons. The van der Waals surface area contributed by atoms with Crippen molar-refractivity contribution in [2.45, 2.75) is 25.9 Å². The van der Waals surface area contributed by atoms with Gasteiger partial charge in [-0.15, -0.1) is 0 Å². The number of carbonyl (C=O) groups excluding carboxylic acids is 1. The molecule has 0 aliphatic carbocycles. The summed E-state index contributed by atoms with van der Waals surface area (Å²) in [5, 5.41) is 0. The van der Waals surface area contributed by atoms with E-state index in [1.807, 2.05) is 31.2 Å². The summed E-state index contributed by atoms with van der Waals surface area (Å²) in [6, 6.07) is 7.92. The summed E-state index contributed by atoms with van der Waals surface area (Å²) in [5.41, 5.74) is 1.04. The van der Waals surface area contributed by atoms with Crippen molar-refractivity contribution >= 4 is 21.9 Å². The lowest BCUT2D eigenvalue weighted by Gasteiger charge is -2.30. The number of ether oxygens (including phenoxy) is 2. The maximum atomic E-state index is 11.9. The minimum Gasteiger partial charge on any atom is -0.466 e. The highest BCUT2D eigenvalue weighted by atomic mass is 79.9. The second-order valence-electron chi connectivity index (χ2n) is 4.34. The number of rotatable bonds is 3. The average Bonchev–Trinajstić information content (AvgIpc) is 2.40. The third kappa shape index (κ3) is 3.12. The molecule has 1 heterocycles. The fourth-order valence-corrected chi connectivity index (χ4v) is 2.52. The van der Waals surface area contributed by atoms with Crippen LogP contribution in [0.1, 0.15) is 31.4 Å². The molecule has 0 spiro atoms. The lowest BCUT2D eigenvalue weighted by molar-refractivity contribution is -0.158. The van der Waals surface area contributed by atoms with Crippen LogP contribution < -0.4 is 0 Å². The van der Waals surface area contributed by atoms with Crippen LogP contribution in [-0.4, -0.2) is 19.2 Å². The van der Waals surface area contributed by atoms with E-state index in [1.165, 1.54) is 0 Å². The predicted molar refractivity (Wildman–Crippen MR) is 72.2 cm³/mol. The molecule has 1 saturated heterocycles. The molecule has 1 aliphatic heterocycles. The average molecular weight is 313 g/mol. The fraction of sp³-hybridized carbons (Fsp3) is 0.500. The molecule has 0 amide bonds. The van der Waals surface area contributed by atoms with Crippen molar-refractivity contribution in [2.75, 3.05) is 13.2 Å². The molecule has 1 aliphatic rings. The Morgan fingerprint density at radius 1 is 1.44 bits per heavy atom. The molecule has 2 unspecified atom stereocenters. The van der Waals surface area contributed by atoms with E-state index in [0.29, 0.717) is 13.2 Å². The van der Waals surface area contributed by atoms with E-state index in [9.17, 15) is 4.79 Å². The van der Waals surface area contributed by atoms with Gasteiger partial charge in [0.1, 0.15) is 0 Å². The third-order valence-corrected chi connectivity index (χ3v) is 3.64. The Balaban J connectivity index is 2.17. The minimum absolute atomic E-state index is 0.148. The van der Waals surface area contributed by atoms with E-state index in [-0.39, 0.29) is 18.0 Å². The molecule has 2 rings (SSSR count). The maximum Gasteiger partial charge on any atom is 0.311 e. The molecular weight excluding hydrogens is 296 g/mol. The second kappa shape index (κ2) is 6.34. The first-order chi connectivity index (χ1) is 8.72. The van der Waals surface area contributed by atoms with Crippen molar-refractivity contribution in [3.8, 4) is 0 Å². The van der Waals surface area contributed by atoms with Crippen LogP contribution in [0, 0.1) is 5.92 Å². The SMILES string of the molecule is CCOC(=O)C1CCCOC1c1ccc(Br)cc1. The molecule has 2 atom stereocenters. The number of carbonyl (C=O) groups is 1. The van der Waals surface area contributed by atoms with Gasteiger partial charge in [-0.3, -0.25) is 4.79 Å². The fourth-order valence-electron chi connectivity index (χ4n) is 2.25. The standard InChI is InChI=1S/C14H17BrO3/c1-2-17-14(16)12-4-3-9-18-13(12)10-5-7-11(15)8-6-10/h5-8,12-13H,2-4,9H2,1H3. The van der Waals surface area contributed by atoms with Gasteiger partial charge in [0.25, 0.3) is 0 Å². The molecule has 0 saturated carbocycles. The Morgan fingerprint density at radius 2 is 2.17 bits per heavy atom. The molecule has 0 aromatic heterocycles. The smallest absolute Gasteiger partial charge is 0.311 e. The van der Waals surface area contributed by atoms with Gasteiger partial charge in [0.05, 0.1) is 18.6 Å². The van der Waals surface area contributed by atoms with Crippen LogP contribution in [0.5, 0.6) is 0 Å². The highest BCUT2D eigenvalue weighted by molar-refractivity contribution is 9.10. The van der Waals surface area contributed by atoms with E-state index in [0.717, 1.165) is 22.9 Å². The van der Waals surface area contributed by atoms with Gasteiger partial charge in [0.2, 0.25) is 0 Å². The van der Waals surface area contributed by atoms with Gasteiger partial charge >= 0.3 is 5.97 Å². The summed E-state index contributed by atoms with van der Waals surface area (Å²) in [4.78, 5) is 11.9. The Kier molecular flexibility index (Phi) is 4.78. The number of hydrogen-bond donors (Lipinski definition) is 0. The van der Waals surface area contributed by atoms with Crippen LogP contribution in [0.15, 0.2) is 28.7 Å². The van der Waals surface area contributed by atoms with Crippen LogP contribution in [0.25, 0.3) is 0 Å². The number of hydrogen-bond acceptors (Lipinski definition) is 3. The van der Waals surface area contributed by atoms with Gasteiger partial charge < -0.3 is 9.47 Å². The molecule has 1 fully saturated rings. The van der Waals surface area contributed by atoms with Crippen molar-refractivity contribution in [3.05, 3.63) is 34.3 Å². The molecule has 1 aromatic carbocycles. The van der Waals surface area contributed by atoms with Crippen LogP contribution in [0.2, 0.25) is 0 Å². The van der Waals surface area contributed by atoms with Gasteiger partial charge in [-0.2, -0.15) is 0 Å². The normalized spacial score (nSPS) is 23.7. The van der Waals surface area contributed by atoms with Gasteiger partial charge in [-0.1, -0.05) is 28.1 Å². The van der Waals surface area contributed by atoms with Crippen molar-refractivity contribution in [1.82, 2.24) is 0 Å². The molecule has 0 bridgehead atoms. The lowest BCUT2D eigenvalue weighted by Crippen LogP contribution is -2.30. The van der Waals surface area contributed by atoms with E-state index >= 15 is 0 Å². The number of halogens is 1. The highest BCUT2D eigenvalue weighted by Gasteiger charge is 2.34. The lowest BCUT2D eigenvalue weighted by atomic mass is 9.89. The van der Waals surface area contributed by atoms with Gasteiger partial charge in [0.15, 0.2) is 0 Å². The number of esters is 1. The van der Waals surface area contributed by atoms with Crippen molar-refractivity contribution in [2.24, 2.45) is 5.92 Å². The first kappa shape index (κ1) is 13.6. The molecule has 18 heavy (non-hydrogen) atoms. The predicted octanol–water partition coefficient (Wildman–Crippen LogP) is 3.48. The summed E-state index contributed by atoms with van der Waals surface area (Å²) in [5.74, 6) is -0.329. The molecule has 0 N–H and O–H groups in total. The van der Waals surface area contributed by atoms with E-state index < -0.39 is 0 Å². The third-order valence-electron chi connectivity index (χ3n) is 3.11. The molecular formula is C14H17BrO3. The second-order valence-corrected chi connectivity index (χ2v) is 5.26. The zero-order valence-corrected chi connectivity index (χ0v) is 12.0. The molecule has 3 nitrogen and oxygen atoms in total. The van der Waals surface area contributed by atoms with E-state index in [2.05, 4.69) is 15.9 Å². The quantitative estimate of drug-likeness (QED) is 0.802. The summed E-state index contributed by atoms with van der Waals surface area (Å²) < 4.78 is 11.9. The molecule has 98 valence electrons. The zero-order valence-electron chi connectivity index (χ0n) is 10.4. The van der Waals surface area contributed by atoms with Crippen LogP contribution in [0.4, 0.5) is 0 Å². The van der Waals surface area contributed by atoms with E-state index in [4.69, 9.17) is 9.47 Å². The van der Waals surface area contributed by atoms with Crippen molar-refractivity contribution in [3.63, 3.8) is 0 Å². The largest absolute Gasteiger partial charge is 0.466 e. The Morgan fingerprint density at radius 3 is 2.83 bits per heavy atom. The van der Waals surface area contributed by atoms with Gasteiger partial charge in [-0.05, 0) is 37.5 Å². The first-order valence-corrected chi connectivity index (χ1v) is 7.05. The van der Waals surface area contributed by atoms with Crippen LogP contribution >= 0.6 is 15.9 Å². The Bertz CT molecular complexity index is 402. The molecule has 4 heteroatoms. The monoisotopic (exact) mass is 312 g/mol. The van der Waals surface area contributed by atoms with Gasteiger partial charge in [0, 0.05) is 11.1 Å². The minimum atomic E-state index is -0.181. The highest BCUT2D eigenvalue weighted by Crippen LogP contribution is 2.34. The Hall–Kier alpha value is -0.870. The van der Waals surface area contributed by atoms with Crippen LogP contribution in [0.3, 0.4) is 0 Å². The summed E-state index contributed by atoms with van der Waals surface area (Å²) in [7, 11) is 0. The summed E-state index contributed by atoms with van der Waals surface area (Å²) in [6.45, 7) is 2.95. The van der Waals surface area contributed by atoms with E-state index in [1.54, 1.807) is 0 Å². The topological polar surface area (TPSA) is 35.5 Å². The maximum absolute atomic E-state index is 11.9. The summed E-state index contributed by atoms with van der Waals surface area (Å²) in [6.07, 6.45) is 1.57. The van der Waals surface area contributed by atoms with Crippen molar-refractivity contribution < 1.29 is 14.3 Å².